The average molecular weight is 327 g/mol. The minimum atomic E-state index is 0.720. The fourth-order valence-corrected chi connectivity index (χ4v) is 2.37. The van der Waals surface area contributed by atoms with Crippen molar-refractivity contribution in [3.8, 4) is 0 Å². The summed E-state index contributed by atoms with van der Waals surface area (Å²) in [4.78, 5) is 4.39. The third-order valence-corrected chi connectivity index (χ3v) is 3.82. The van der Waals surface area contributed by atoms with E-state index in [1.807, 2.05) is 0 Å². The Kier molecular flexibility index (Phi) is 18.4. The fourth-order valence-electron chi connectivity index (χ4n) is 2.37. The molecule has 5 heteroatoms. The summed E-state index contributed by atoms with van der Waals surface area (Å²) < 4.78 is 0. The summed E-state index contributed by atoms with van der Waals surface area (Å²) in [7, 11) is 0. The molecule has 0 aromatic carbocycles. The molecule has 0 fully saturated rings. The van der Waals surface area contributed by atoms with Gasteiger partial charge in [-0.2, -0.15) is 0 Å². The normalized spacial score (nSPS) is 12.2. The molecule has 0 rings (SSSR count). The molecule has 0 aromatic rings. The van der Waals surface area contributed by atoms with Gasteiger partial charge < -0.3 is 11.5 Å². The van der Waals surface area contributed by atoms with Gasteiger partial charge in [0, 0.05) is 13.0 Å². The van der Waals surface area contributed by atoms with Gasteiger partial charge >= 0.3 is 0 Å². The minimum Gasteiger partial charge on any atom is -0.330 e. The van der Waals surface area contributed by atoms with Gasteiger partial charge in [0.2, 0.25) is 0 Å². The van der Waals surface area contributed by atoms with Crippen LogP contribution in [-0.2, 0) is 0 Å². The molecular weight excluding hydrogens is 288 g/mol. The van der Waals surface area contributed by atoms with E-state index in [1.54, 1.807) is 0 Å². The van der Waals surface area contributed by atoms with Gasteiger partial charge in [-0.1, -0.05) is 31.4 Å². The monoisotopic (exact) mass is 326 g/mol. The Labute approximate surface area is 142 Å². The molecule has 136 valence electrons. The number of amidine groups is 1. The number of hydrogen-bond acceptors (Lipinski definition) is 4. The van der Waals surface area contributed by atoms with E-state index in [2.05, 4.69) is 22.6 Å². The third kappa shape index (κ3) is 17.3. The highest BCUT2D eigenvalue weighted by molar-refractivity contribution is 5.80. The lowest BCUT2D eigenvalue weighted by Gasteiger charge is -2.05. The second-order valence-electron chi connectivity index (χ2n) is 6.00. The summed E-state index contributed by atoms with van der Waals surface area (Å²) in [6, 6.07) is 0. The molecule has 0 aliphatic heterocycles. The first kappa shape index (κ1) is 22.1. The smallest absolute Gasteiger partial charge is 0.120 e. The Hall–Kier alpha value is -0.910. The zero-order chi connectivity index (χ0) is 17.0. The van der Waals surface area contributed by atoms with Crippen molar-refractivity contribution in [3.05, 3.63) is 12.2 Å². The number of nitrogens with two attached hydrogens (primary N) is 2. The maximum atomic E-state index is 9.07. The van der Waals surface area contributed by atoms with E-state index in [0.717, 1.165) is 70.4 Å². The standard InChI is InChI=1S/C18H38N4O/c19-15-11-8-6-4-2-1-3-5-7-10-14-18(22-23)21-17-13-9-12-16-20/h2,4,23H,1,3,5-17,19-20H2,(H,21,22). The summed E-state index contributed by atoms with van der Waals surface area (Å²) in [5.74, 6) is 0.720. The van der Waals surface area contributed by atoms with Gasteiger partial charge in [-0.25, -0.2) is 0 Å². The van der Waals surface area contributed by atoms with Crippen LogP contribution in [-0.4, -0.2) is 30.7 Å². The zero-order valence-corrected chi connectivity index (χ0v) is 14.8. The Morgan fingerprint density at radius 2 is 1.35 bits per heavy atom. The van der Waals surface area contributed by atoms with Crippen LogP contribution in [0.15, 0.2) is 17.1 Å². The molecule has 0 heterocycles. The largest absolute Gasteiger partial charge is 0.330 e. The number of nitrogens with one attached hydrogen (secondary N) is 1. The topological polar surface area (TPSA) is 96.7 Å². The van der Waals surface area contributed by atoms with E-state index < -0.39 is 0 Å². The lowest BCUT2D eigenvalue weighted by molar-refractivity contribution is 0.231. The molecule has 0 spiro atoms. The predicted octanol–water partition coefficient (Wildman–Crippen LogP) is 3.52. The summed E-state index contributed by atoms with van der Waals surface area (Å²) in [5, 5.41) is 9.07. The fraction of sp³-hybridized carbons (Fsp3) is 0.833. The molecule has 0 aliphatic rings. The Morgan fingerprint density at radius 1 is 0.783 bits per heavy atom. The van der Waals surface area contributed by atoms with Gasteiger partial charge in [-0.05, 0) is 64.5 Å². The number of nitrogens with zero attached hydrogens (tertiary/aromatic N) is 1. The van der Waals surface area contributed by atoms with E-state index in [0.29, 0.717) is 0 Å². The number of hydrogen-bond donors (Lipinski definition) is 4. The Balaban J connectivity index is 3.44. The van der Waals surface area contributed by atoms with Crippen molar-refractivity contribution >= 4 is 5.84 Å². The first-order chi connectivity index (χ1) is 11.3. The first-order valence-corrected chi connectivity index (χ1v) is 9.33. The molecule has 6 N–H and O–H groups in total. The van der Waals surface area contributed by atoms with Crippen LogP contribution in [0, 0.1) is 0 Å². The number of unbranched alkanes of at least 4 members (excludes halogenated alkanes) is 8. The molecule has 0 aromatic heterocycles. The molecule has 0 amide bonds. The second-order valence-corrected chi connectivity index (χ2v) is 6.00. The van der Waals surface area contributed by atoms with Crippen LogP contribution >= 0.6 is 0 Å². The molecule has 0 aliphatic carbocycles. The molecule has 0 radical (unpaired) electrons. The highest BCUT2D eigenvalue weighted by Gasteiger charge is 1.97. The van der Waals surface area contributed by atoms with Crippen molar-refractivity contribution in [2.45, 2.75) is 77.0 Å². The predicted molar refractivity (Wildman–Crippen MR) is 99.9 cm³/mol. The van der Waals surface area contributed by atoms with Gasteiger partial charge in [0.05, 0.1) is 0 Å². The zero-order valence-electron chi connectivity index (χ0n) is 14.8. The van der Waals surface area contributed by atoms with Crippen molar-refractivity contribution in [3.63, 3.8) is 0 Å². The van der Waals surface area contributed by atoms with Crippen molar-refractivity contribution in [2.24, 2.45) is 16.5 Å². The maximum Gasteiger partial charge on any atom is 0.120 e. The van der Waals surface area contributed by atoms with Crippen LogP contribution in [0.2, 0.25) is 0 Å². The quantitative estimate of drug-likeness (QED) is 0.115. The number of rotatable bonds is 16. The Bertz CT molecular complexity index is 293. The van der Waals surface area contributed by atoms with Crippen molar-refractivity contribution in [1.82, 2.24) is 5.48 Å². The maximum absolute atomic E-state index is 9.07. The van der Waals surface area contributed by atoms with Crippen LogP contribution in [0.25, 0.3) is 0 Å². The highest BCUT2D eigenvalue weighted by Crippen LogP contribution is 2.07. The highest BCUT2D eigenvalue weighted by atomic mass is 16.5. The van der Waals surface area contributed by atoms with Crippen molar-refractivity contribution in [1.29, 1.82) is 0 Å². The average Bonchev–Trinajstić information content (AvgIpc) is 2.57. The summed E-state index contributed by atoms with van der Waals surface area (Å²) in [6.07, 6.45) is 18.0. The van der Waals surface area contributed by atoms with E-state index in [9.17, 15) is 0 Å². The lowest BCUT2D eigenvalue weighted by Crippen LogP contribution is -2.19. The van der Waals surface area contributed by atoms with Crippen LogP contribution in [0.3, 0.4) is 0 Å². The van der Waals surface area contributed by atoms with E-state index in [1.165, 1.54) is 32.1 Å². The van der Waals surface area contributed by atoms with E-state index in [4.69, 9.17) is 16.7 Å². The second kappa shape index (κ2) is 19.1. The van der Waals surface area contributed by atoms with Crippen LogP contribution in [0.4, 0.5) is 0 Å². The summed E-state index contributed by atoms with van der Waals surface area (Å²) in [5.41, 5.74) is 13.1. The first-order valence-electron chi connectivity index (χ1n) is 9.33. The Morgan fingerprint density at radius 3 is 2.00 bits per heavy atom. The molecule has 0 unspecified atom stereocenters. The van der Waals surface area contributed by atoms with E-state index in [-0.39, 0.29) is 0 Å². The molecule has 5 nitrogen and oxygen atoms in total. The van der Waals surface area contributed by atoms with Crippen molar-refractivity contribution < 1.29 is 5.21 Å². The number of aliphatic imine (C=N–C) groups is 1. The van der Waals surface area contributed by atoms with Crippen LogP contribution in [0.5, 0.6) is 0 Å². The lowest BCUT2D eigenvalue weighted by atomic mass is 10.1. The van der Waals surface area contributed by atoms with Gasteiger partial charge in [0.25, 0.3) is 0 Å². The van der Waals surface area contributed by atoms with Gasteiger partial charge in [0.1, 0.15) is 5.84 Å². The van der Waals surface area contributed by atoms with Gasteiger partial charge in [-0.3, -0.25) is 15.7 Å². The molecule has 0 saturated heterocycles. The van der Waals surface area contributed by atoms with Gasteiger partial charge in [0.15, 0.2) is 0 Å². The summed E-state index contributed by atoms with van der Waals surface area (Å²) >= 11 is 0. The molecule has 0 saturated carbocycles. The number of allylic oxidation sites excluding steroid dienone is 2. The summed E-state index contributed by atoms with van der Waals surface area (Å²) in [6.45, 7) is 2.32. The van der Waals surface area contributed by atoms with E-state index >= 15 is 0 Å². The number of hydroxylamine groups is 1. The van der Waals surface area contributed by atoms with Crippen LogP contribution in [0.1, 0.15) is 77.0 Å². The molecule has 0 atom stereocenters. The third-order valence-electron chi connectivity index (χ3n) is 3.82. The molecular formula is C18H38N4O. The van der Waals surface area contributed by atoms with Gasteiger partial charge in [-0.15, -0.1) is 0 Å². The SMILES string of the molecule is NCCCCC=CCCCCCCC(=NCCCCCN)NO. The van der Waals surface area contributed by atoms with Crippen LogP contribution < -0.4 is 16.9 Å². The molecule has 0 bridgehead atoms. The van der Waals surface area contributed by atoms with Crippen molar-refractivity contribution in [2.75, 3.05) is 19.6 Å². The minimum absolute atomic E-state index is 0.720. The molecule has 23 heavy (non-hydrogen) atoms.